The number of hydrogen-bond donors (Lipinski definition) is 4. The van der Waals surface area contributed by atoms with Gasteiger partial charge in [0.2, 0.25) is 5.91 Å². The molecule has 10 nitrogen and oxygen atoms in total. The first-order chi connectivity index (χ1) is 20.2. The van der Waals surface area contributed by atoms with E-state index >= 15 is 0 Å². The van der Waals surface area contributed by atoms with Gasteiger partial charge in [0.25, 0.3) is 5.91 Å². The Labute approximate surface area is 243 Å². The lowest BCUT2D eigenvalue weighted by atomic mass is 10.1. The maximum atomic E-state index is 13.2. The van der Waals surface area contributed by atoms with Crippen LogP contribution in [0.1, 0.15) is 26.3 Å². The number of piperazine rings is 1. The van der Waals surface area contributed by atoms with Crippen LogP contribution in [0.15, 0.2) is 66.7 Å². The minimum atomic E-state index is -5.08. The van der Waals surface area contributed by atoms with E-state index in [9.17, 15) is 37.1 Å². The van der Waals surface area contributed by atoms with E-state index in [1.807, 2.05) is 41.0 Å². The topological polar surface area (TPSA) is 139 Å². The summed E-state index contributed by atoms with van der Waals surface area (Å²) < 4.78 is 45.0. The van der Waals surface area contributed by atoms with Gasteiger partial charge in [-0.05, 0) is 61.5 Å². The van der Waals surface area contributed by atoms with E-state index in [1.165, 1.54) is 36.4 Å². The molecule has 4 N–H and O–H groups in total. The molecule has 3 aromatic rings. The van der Waals surface area contributed by atoms with Gasteiger partial charge < -0.3 is 25.7 Å². The van der Waals surface area contributed by atoms with Crippen LogP contribution in [0.5, 0.6) is 0 Å². The molecule has 14 heteroatoms. The monoisotopic (exact) mass is 604 g/mol. The van der Waals surface area contributed by atoms with Crippen molar-refractivity contribution in [3.8, 4) is 0 Å². The maximum absolute atomic E-state index is 13.2. The number of halogens is 4. The third kappa shape index (κ3) is 9.81. The van der Waals surface area contributed by atoms with Crippen LogP contribution in [-0.2, 0) is 9.59 Å². The number of carboxylic acid groups (broad SMARTS) is 2. The molecule has 0 radical (unpaired) electrons. The number of nitrogens with one attached hydrogen (secondary N) is 2. The highest BCUT2D eigenvalue weighted by atomic mass is 19.4. The van der Waals surface area contributed by atoms with E-state index in [0.717, 1.165) is 11.3 Å². The third-order valence-corrected chi connectivity index (χ3v) is 6.26. The number of carbonyl (C=O) groups is 4. The average molecular weight is 605 g/mol. The van der Waals surface area contributed by atoms with Crippen molar-refractivity contribution >= 4 is 40.8 Å². The standard InChI is InChI=1S/C27H27FN4O4.C2HF3O2/c1-18-2-9-22(10-3-18)29-25(33)17-31-12-14-32(15-13-31)24-11-6-20(27(35)36)16-23(24)30-26(34)19-4-7-21(28)8-5-19;3-2(4,5)1(6)7/h2-11,16H,12-15,17H2,1H3,(H,29,33)(H,30,34)(H,35,36);(H,6,7). The first kappa shape index (κ1) is 32.5. The molecule has 1 aliphatic rings. The molecular formula is C29H28F4N4O6. The molecule has 3 aromatic carbocycles. The van der Waals surface area contributed by atoms with Crippen LogP contribution in [0.4, 0.5) is 34.6 Å². The summed E-state index contributed by atoms with van der Waals surface area (Å²) in [6, 6.07) is 17.3. The van der Waals surface area contributed by atoms with Gasteiger partial charge in [-0.15, -0.1) is 0 Å². The third-order valence-electron chi connectivity index (χ3n) is 6.26. The summed E-state index contributed by atoms with van der Waals surface area (Å²) in [6.07, 6.45) is -5.08. The summed E-state index contributed by atoms with van der Waals surface area (Å²) in [7, 11) is 0. The smallest absolute Gasteiger partial charge is 0.478 e. The summed E-state index contributed by atoms with van der Waals surface area (Å²) in [4.78, 5) is 49.7. The highest BCUT2D eigenvalue weighted by Crippen LogP contribution is 2.29. The van der Waals surface area contributed by atoms with Crippen LogP contribution in [0, 0.1) is 12.7 Å². The van der Waals surface area contributed by atoms with Gasteiger partial charge in [0.15, 0.2) is 0 Å². The predicted molar refractivity (Wildman–Crippen MR) is 150 cm³/mol. The maximum Gasteiger partial charge on any atom is 0.490 e. The van der Waals surface area contributed by atoms with Crippen LogP contribution in [0.25, 0.3) is 0 Å². The van der Waals surface area contributed by atoms with Gasteiger partial charge in [-0.2, -0.15) is 13.2 Å². The fourth-order valence-corrected chi connectivity index (χ4v) is 4.03. The lowest BCUT2D eigenvalue weighted by Crippen LogP contribution is -2.48. The average Bonchev–Trinajstić information content (AvgIpc) is 2.95. The molecule has 228 valence electrons. The molecule has 0 unspecified atom stereocenters. The number of alkyl halides is 3. The van der Waals surface area contributed by atoms with E-state index in [-0.39, 0.29) is 23.6 Å². The van der Waals surface area contributed by atoms with Crippen molar-refractivity contribution in [2.24, 2.45) is 0 Å². The molecule has 4 rings (SSSR count). The first-order valence-corrected chi connectivity index (χ1v) is 12.8. The highest BCUT2D eigenvalue weighted by Gasteiger charge is 2.38. The number of carbonyl (C=O) groups excluding carboxylic acids is 2. The van der Waals surface area contributed by atoms with Gasteiger partial charge in [0.1, 0.15) is 5.82 Å². The largest absolute Gasteiger partial charge is 0.490 e. The van der Waals surface area contributed by atoms with Crippen LogP contribution in [0.3, 0.4) is 0 Å². The second-order valence-corrected chi connectivity index (χ2v) is 9.48. The number of hydrogen-bond acceptors (Lipinski definition) is 6. The Morgan fingerprint density at radius 2 is 1.37 bits per heavy atom. The Balaban J connectivity index is 0.000000646. The summed E-state index contributed by atoms with van der Waals surface area (Å²) in [5.41, 5.74) is 3.21. The van der Waals surface area contributed by atoms with Gasteiger partial charge in [-0.25, -0.2) is 14.0 Å². The summed E-state index contributed by atoms with van der Waals surface area (Å²) in [5.74, 6) is -4.88. The Kier molecular flexibility index (Phi) is 10.8. The predicted octanol–water partition coefficient (Wildman–Crippen LogP) is 4.48. The van der Waals surface area contributed by atoms with E-state index in [0.29, 0.717) is 37.6 Å². The zero-order valence-electron chi connectivity index (χ0n) is 22.8. The molecule has 1 saturated heterocycles. The zero-order chi connectivity index (χ0) is 31.7. The van der Waals surface area contributed by atoms with Crippen molar-refractivity contribution in [3.63, 3.8) is 0 Å². The van der Waals surface area contributed by atoms with Crippen molar-refractivity contribution in [3.05, 3.63) is 89.2 Å². The van der Waals surface area contributed by atoms with Crippen LogP contribution in [-0.4, -0.2) is 77.8 Å². The number of benzene rings is 3. The molecule has 0 spiro atoms. The molecule has 43 heavy (non-hydrogen) atoms. The molecule has 0 aromatic heterocycles. The van der Waals surface area contributed by atoms with Gasteiger partial charge >= 0.3 is 18.1 Å². The number of amides is 2. The fraction of sp³-hybridized carbons (Fsp3) is 0.241. The molecule has 1 aliphatic heterocycles. The van der Waals surface area contributed by atoms with E-state index < -0.39 is 29.8 Å². The molecular weight excluding hydrogens is 576 g/mol. The van der Waals surface area contributed by atoms with Gasteiger partial charge in [-0.1, -0.05) is 17.7 Å². The molecule has 2 amide bonds. The number of rotatable bonds is 7. The van der Waals surface area contributed by atoms with Crippen molar-refractivity contribution in [2.75, 3.05) is 48.3 Å². The number of aromatic carboxylic acids is 1. The molecule has 1 heterocycles. The normalized spacial score (nSPS) is 13.4. The highest BCUT2D eigenvalue weighted by molar-refractivity contribution is 6.06. The number of aliphatic carboxylic acids is 1. The van der Waals surface area contributed by atoms with Gasteiger partial charge in [0.05, 0.1) is 23.5 Å². The number of nitrogens with zero attached hydrogens (tertiary/aromatic N) is 2. The lowest BCUT2D eigenvalue weighted by Gasteiger charge is -2.36. The van der Waals surface area contributed by atoms with Crippen LogP contribution >= 0.6 is 0 Å². The lowest BCUT2D eigenvalue weighted by molar-refractivity contribution is -0.192. The van der Waals surface area contributed by atoms with Gasteiger partial charge in [-0.3, -0.25) is 14.5 Å². The molecule has 0 bridgehead atoms. The second kappa shape index (κ2) is 14.3. The van der Waals surface area contributed by atoms with E-state index in [2.05, 4.69) is 10.6 Å². The number of anilines is 3. The van der Waals surface area contributed by atoms with Crippen molar-refractivity contribution in [2.45, 2.75) is 13.1 Å². The molecule has 0 atom stereocenters. The van der Waals surface area contributed by atoms with Crippen molar-refractivity contribution < 1.29 is 47.0 Å². The SMILES string of the molecule is Cc1ccc(NC(=O)CN2CCN(c3ccc(C(=O)O)cc3NC(=O)c3ccc(F)cc3)CC2)cc1.O=C(O)C(F)(F)F. The molecule has 0 aliphatic carbocycles. The van der Waals surface area contributed by atoms with E-state index in [1.54, 1.807) is 6.07 Å². The second-order valence-electron chi connectivity index (χ2n) is 9.48. The van der Waals surface area contributed by atoms with Gasteiger partial charge in [0, 0.05) is 37.4 Å². The van der Waals surface area contributed by atoms with Crippen LogP contribution in [0.2, 0.25) is 0 Å². The Morgan fingerprint density at radius 1 is 0.814 bits per heavy atom. The number of carboxylic acids is 2. The summed E-state index contributed by atoms with van der Waals surface area (Å²) >= 11 is 0. The molecule has 0 saturated carbocycles. The Morgan fingerprint density at radius 3 is 1.91 bits per heavy atom. The van der Waals surface area contributed by atoms with E-state index in [4.69, 9.17) is 9.90 Å². The zero-order valence-corrected chi connectivity index (χ0v) is 22.8. The molecule has 1 fully saturated rings. The summed E-state index contributed by atoms with van der Waals surface area (Å²) in [6.45, 7) is 4.65. The quantitative estimate of drug-likeness (QED) is 0.290. The first-order valence-electron chi connectivity index (χ1n) is 12.8. The minimum absolute atomic E-state index is 0.0413. The summed E-state index contributed by atoms with van der Waals surface area (Å²) in [5, 5.41) is 22.2. The Hall–Kier alpha value is -4.98. The Bertz CT molecular complexity index is 1460. The van der Waals surface area contributed by atoms with Crippen molar-refractivity contribution in [1.29, 1.82) is 0 Å². The minimum Gasteiger partial charge on any atom is -0.478 e. The fourth-order valence-electron chi connectivity index (χ4n) is 4.03. The van der Waals surface area contributed by atoms with Crippen LogP contribution < -0.4 is 15.5 Å². The number of aryl methyl sites for hydroxylation is 1. The van der Waals surface area contributed by atoms with Crippen molar-refractivity contribution in [1.82, 2.24) is 4.90 Å².